The third kappa shape index (κ3) is 2.63. The number of rotatable bonds is 5. The number of carbonyl (C=O) groups is 2. The summed E-state index contributed by atoms with van der Waals surface area (Å²) in [4.78, 5) is 25.9. The summed E-state index contributed by atoms with van der Waals surface area (Å²) >= 11 is 0. The number of hydrogen-bond acceptors (Lipinski definition) is 4. The van der Waals surface area contributed by atoms with Gasteiger partial charge in [-0.2, -0.15) is 0 Å². The van der Waals surface area contributed by atoms with Crippen LogP contribution in [0.15, 0.2) is 71.5 Å². The molecule has 0 saturated carbocycles. The molecule has 1 spiro atoms. The van der Waals surface area contributed by atoms with E-state index in [-0.39, 0.29) is 23.2 Å². The first-order valence-corrected chi connectivity index (χ1v) is 11.8. The lowest BCUT2D eigenvalue weighted by molar-refractivity contribution is -0.934. The van der Waals surface area contributed by atoms with Gasteiger partial charge < -0.3 is 14.5 Å². The van der Waals surface area contributed by atoms with Gasteiger partial charge in [-0.15, -0.1) is 0 Å². The number of quaternary nitrogens is 1. The predicted molar refractivity (Wildman–Crippen MR) is 127 cm³/mol. The molecular weight excluding hydrogens is 412 g/mol. The van der Waals surface area contributed by atoms with Gasteiger partial charge in [-0.05, 0) is 48.4 Å². The molecule has 5 heteroatoms. The van der Waals surface area contributed by atoms with Crippen LogP contribution in [0.5, 0.6) is 5.75 Å². The first-order chi connectivity index (χ1) is 16.1. The summed E-state index contributed by atoms with van der Waals surface area (Å²) in [5.74, 6) is 1.07. The lowest BCUT2D eigenvalue weighted by atomic mass is 9.61. The Morgan fingerprint density at radius 3 is 2.73 bits per heavy atom. The molecule has 3 heterocycles. The topological polar surface area (TPSA) is 55.4 Å². The minimum atomic E-state index is -0.206. The van der Waals surface area contributed by atoms with Crippen molar-refractivity contribution in [2.75, 3.05) is 32.1 Å². The number of nitrogens with zero attached hydrogens (tertiary/aromatic N) is 1. The van der Waals surface area contributed by atoms with Crippen molar-refractivity contribution >= 4 is 17.8 Å². The van der Waals surface area contributed by atoms with E-state index >= 15 is 0 Å². The van der Waals surface area contributed by atoms with E-state index in [1.807, 2.05) is 24.3 Å². The molecule has 2 aromatic carbocycles. The molecule has 0 amide bonds. The highest BCUT2D eigenvalue weighted by Gasteiger charge is 2.68. The molecule has 4 atom stereocenters. The van der Waals surface area contributed by atoms with Crippen LogP contribution in [0.2, 0.25) is 0 Å². The number of aldehydes is 1. The number of benzene rings is 2. The molecule has 3 aliphatic heterocycles. The molecule has 1 N–H and O–H groups in total. The maximum atomic E-state index is 13.5. The van der Waals surface area contributed by atoms with Gasteiger partial charge in [0.25, 0.3) is 0 Å². The molecule has 33 heavy (non-hydrogen) atoms. The van der Waals surface area contributed by atoms with E-state index in [2.05, 4.69) is 42.6 Å². The van der Waals surface area contributed by atoms with Crippen molar-refractivity contribution < 1.29 is 18.8 Å². The molecule has 6 rings (SSSR count). The number of hydrogen-bond donors (Lipinski definition) is 1. The van der Waals surface area contributed by atoms with Crippen molar-refractivity contribution in [1.29, 1.82) is 0 Å². The number of allylic oxidation sites excluding steroid dienone is 2. The van der Waals surface area contributed by atoms with Gasteiger partial charge in [0.2, 0.25) is 5.78 Å². The molecule has 0 radical (unpaired) electrons. The van der Waals surface area contributed by atoms with Gasteiger partial charge in [-0.25, -0.2) is 0 Å². The fraction of sp³-hybridized carbons (Fsp3) is 0.357. The second kappa shape index (κ2) is 7.16. The summed E-state index contributed by atoms with van der Waals surface area (Å²) in [6.07, 6.45) is 5.13. The summed E-state index contributed by atoms with van der Waals surface area (Å²) in [7, 11) is 1.64. The van der Waals surface area contributed by atoms with Crippen LogP contribution in [0.3, 0.4) is 0 Å². The summed E-state index contributed by atoms with van der Waals surface area (Å²) in [5.41, 5.74) is 6.23. The molecule has 4 aliphatic rings. The molecule has 5 nitrogen and oxygen atoms in total. The number of para-hydroxylation sites is 1. The number of piperidine rings is 1. The normalized spacial score (nSPS) is 32.2. The third-order valence-corrected chi connectivity index (χ3v) is 8.73. The Morgan fingerprint density at radius 2 is 2.00 bits per heavy atom. The van der Waals surface area contributed by atoms with Crippen LogP contribution in [0, 0.1) is 5.92 Å². The number of fused-ring (bicyclic) bond motifs is 2. The van der Waals surface area contributed by atoms with Crippen molar-refractivity contribution in [3.8, 4) is 5.75 Å². The van der Waals surface area contributed by atoms with Crippen molar-refractivity contribution in [2.24, 2.45) is 5.92 Å². The largest absolute Gasteiger partial charge is 0.497 e. The highest BCUT2D eigenvalue weighted by molar-refractivity contribution is 5.97. The lowest BCUT2D eigenvalue weighted by Crippen LogP contribution is -2.64. The molecule has 1 aliphatic carbocycles. The SMILES string of the molecule is C/C=C1/C[N@+]2(CC(=O)c3ccc(OC)cc3)CC[C@]34C(=C(C=O)[C@H]1C[C@@H]32)Nc1ccccc14. The van der Waals surface area contributed by atoms with E-state index in [4.69, 9.17) is 4.74 Å². The molecule has 2 fully saturated rings. The second-order valence-electron chi connectivity index (χ2n) is 9.92. The fourth-order valence-corrected chi connectivity index (χ4v) is 7.28. The van der Waals surface area contributed by atoms with Gasteiger partial charge in [0.1, 0.15) is 31.2 Å². The molecule has 0 unspecified atom stereocenters. The lowest BCUT2D eigenvalue weighted by Gasteiger charge is -2.53. The molecule has 0 aromatic heterocycles. The van der Waals surface area contributed by atoms with Crippen LogP contribution in [-0.4, -0.2) is 49.3 Å². The van der Waals surface area contributed by atoms with Crippen LogP contribution in [0.25, 0.3) is 0 Å². The van der Waals surface area contributed by atoms with Crippen LogP contribution in [0.4, 0.5) is 5.69 Å². The third-order valence-electron chi connectivity index (χ3n) is 8.73. The van der Waals surface area contributed by atoms with Crippen LogP contribution in [-0.2, 0) is 10.2 Å². The average molecular weight is 442 g/mol. The van der Waals surface area contributed by atoms with Crippen molar-refractivity contribution in [2.45, 2.75) is 31.2 Å². The van der Waals surface area contributed by atoms with Gasteiger partial charge in [0, 0.05) is 41.3 Å². The smallest absolute Gasteiger partial charge is 0.216 e. The zero-order chi connectivity index (χ0) is 22.8. The van der Waals surface area contributed by atoms with Gasteiger partial charge >= 0.3 is 0 Å². The Bertz CT molecular complexity index is 1230. The van der Waals surface area contributed by atoms with Crippen LogP contribution >= 0.6 is 0 Å². The minimum absolute atomic E-state index is 0.142. The van der Waals surface area contributed by atoms with E-state index in [0.29, 0.717) is 6.54 Å². The number of ether oxygens (including phenoxy) is 1. The van der Waals surface area contributed by atoms with E-state index in [9.17, 15) is 9.59 Å². The van der Waals surface area contributed by atoms with Gasteiger partial charge in [-0.3, -0.25) is 9.59 Å². The van der Waals surface area contributed by atoms with Gasteiger partial charge in [-0.1, -0.05) is 24.3 Å². The number of carbonyl (C=O) groups excluding carboxylic acids is 2. The number of methoxy groups -OCH3 is 1. The monoisotopic (exact) mass is 441 g/mol. The molecule has 2 aromatic rings. The summed E-state index contributed by atoms with van der Waals surface area (Å²) < 4.78 is 6.04. The summed E-state index contributed by atoms with van der Waals surface area (Å²) in [6, 6.07) is 16.2. The first-order valence-electron chi connectivity index (χ1n) is 11.8. The van der Waals surface area contributed by atoms with Crippen LogP contribution < -0.4 is 10.1 Å². The predicted octanol–water partition coefficient (Wildman–Crippen LogP) is 4.26. The van der Waals surface area contributed by atoms with Crippen LogP contribution in [0.1, 0.15) is 35.7 Å². The second-order valence-corrected chi connectivity index (χ2v) is 9.92. The van der Waals surface area contributed by atoms with Crippen molar-refractivity contribution in [3.05, 3.63) is 82.6 Å². The van der Waals surface area contributed by atoms with E-state index < -0.39 is 0 Å². The Hall–Kier alpha value is -3.18. The van der Waals surface area contributed by atoms with Gasteiger partial charge in [0.05, 0.1) is 19.1 Å². The number of anilines is 1. The van der Waals surface area contributed by atoms with Crippen molar-refractivity contribution in [1.82, 2.24) is 0 Å². The molecule has 2 bridgehead atoms. The Labute approximate surface area is 194 Å². The first kappa shape index (κ1) is 20.4. The highest BCUT2D eigenvalue weighted by Crippen LogP contribution is 2.63. The quantitative estimate of drug-likeness (QED) is 0.326. The summed E-state index contributed by atoms with van der Waals surface area (Å²) in [6.45, 7) is 4.32. The Morgan fingerprint density at radius 1 is 1.21 bits per heavy atom. The number of ketones is 1. The number of Topliss-reactive ketones (excluding diaryl/α,β-unsaturated/α-hetero) is 1. The van der Waals surface area contributed by atoms with Gasteiger partial charge in [0.15, 0.2) is 0 Å². The van der Waals surface area contributed by atoms with E-state index in [1.165, 1.54) is 11.1 Å². The fourth-order valence-electron chi connectivity index (χ4n) is 7.28. The molecule has 2 saturated heterocycles. The van der Waals surface area contributed by atoms with E-state index in [0.717, 1.165) is 65.0 Å². The standard InChI is InChI=1S/C28H28N2O3/c1-3-18-15-30(16-25(32)19-8-10-20(33-2)11-9-19)13-12-28-23-6-4-5-7-24(23)29-27(28)22(17-31)21(18)14-26(28)30/h3-11,17,21,26H,12-16H2,1-2H3/p+1/b18-3-/t21-,26-,28+,30-/m0/s1. The number of nitrogens with one attached hydrogen (secondary N) is 1. The maximum Gasteiger partial charge on any atom is 0.216 e. The van der Waals surface area contributed by atoms with E-state index in [1.54, 1.807) is 7.11 Å². The average Bonchev–Trinajstić information content (AvgIpc) is 3.38. The maximum absolute atomic E-state index is 13.5. The Balaban J connectivity index is 1.47. The Kier molecular flexibility index (Phi) is 4.43. The molecule has 168 valence electrons. The summed E-state index contributed by atoms with van der Waals surface area (Å²) in [5, 5.41) is 3.66. The highest BCUT2D eigenvalue weighted by atomic mass is 16.5. The zero-order valence-electron chi connectivity index (χ0n) is 19.1. The minimum Gasteiger partial charge on any atom is -0.497 e. The zero-order valence-corrected chi connectivity index (χ0v) is 19.1. The van der Waals surface area contributed by atoms with Crippen molar-refractivity contribution in [3.63, 3.8) is 0 Å². The molecular formula is C28H29N2O3+.